The van der Waals surface area contributed by atoms with Crippen molar-refractivity contribution >= 4 is 33.6 Å². The molecule has 6 heteroatoms. The highest BCUT2D eigenvalue weighted by molar-refractivity contribution is 7.17. The van der Waals surface area contributed by atoms with Gasteiger partial charge in [-0.05, 0) is 43.9 Å². The zero-order valence-electron chi connectivity index (χ0n) is 10.8. The van der Waals surface area contributed by atoms with Crippen LogP contribution in [0.2, 0.25) is 5.02 Å². The molecule has 4 rings (SSSR count). The summed E-state index contributed by atoms with van der Waals surface area (Å²) in [4.78, 5) is 2.42. The zero-order valence-corrected chi connectivity index (χ0v) is 12.3. The zero-order chi connectivity index (χ0) is 13.7. The minimum Gasteiger partial charge on any atom is -0.398 e. The Bertz CT molecular complexity index is 805. The second-order valence-electron chi connectivity index (χ2n) is 5.06. The summed E-state index contributed by atoms with van der Waals surface area (Å²) in [6, 6.07) is 5.62. The van der Waals surface area contributed by atoms with E-state index in [1.165, 1.54) is 23.4 Å². The van der Waals surface area contributed by atoms with E-state index in [0.29, 0.717) is 10.7 Å². The molecular weight excluding hydrogens is 292 g/mol. The Labute approximate surface area is 125 Å². The van der Waals surface area contributed by atoms with Crippen LogP contribution in [0.15, 0.2) is 18.2 Å². The van der Waals surface area contributed by atoms with Gasteiger partial charge in [-0.3, -0.25) is 4.40 Å². The molecule has 0 unspecified atom stereocenters. The van der Waals surface area contributed by atoms with Gasteiger partial charge in [0.1, 0.15) is 0 Å². The Hall–Kier alpha value is -1.59. The van der Waals surface area contributed by atoms with Crippen LogP contribution in [0.1, 0.15) is 23.4 Å². The summed E-state index contributed by atoms with van der Waals surface area (Å²) < 4.78 is 2.18. The smallest absolute Gasteiger partial charge is 0.216 e. The second kappa shape index (κ2) is 4.46. The molecule has 1 aromatic carbocycles. The quantitative estimate of drug-likeness (QED) is 0.699. The van der Waals surface area contributed by atoms with Gasteiger partial charge >= 0.3 is 0 Å². The van der Waals surface area contributed by atoms with E-state index in [-0.39, 0.29) is 0 Å². The van der Waals surface area contributed by atoms with Crippen molar-refractivity contribution < 1.29 is 0 Å². The lowest BCUT2D eigenvalue weighted by Gasteiger charge is -2.11. The van der Waals surface area contributed by atoms with E-state index in [4.69, 9.17) is 17.3 Å². The lowest BCUT2D eigenvalue weighted by Crippen LogP contribution is -2.04. The van der Waals surface area contributed by atoms with Crippen LogP contribution < -0.4 is 5.73 Å². The van der Waals surface area contributed by atoms with Gasteiger partial charge in [0.25, 0.3) is 0 Å². The van der Waals surface area contributed by atoms with Crippen molar-refractivity contribution in [2.45, 2.75) is 25.7 Å². The van der Waals surface area contributed by atoms with Crippen molar-refractivity contribution in [2.24, 2.45) is 0 Å². The third kappa shape index (κ3) is 1.73. The predicted molar refractivity (Wildman–Crippen MR) is 82.4 cm³/mol. The molecule has 0 bridgehead atoms. The van der Waals surface area contributed by atoms with Gasteiger partial charge in [0.05, 0.1) is 10.7 Å². The number of aryl methyl sites for hydroxylation is 2. The van der Waals surface area contributed by atoms with Gasteiger partial charge in [0.2, 0.25) is 4.96 Å². The summed E-state index contributed by atoms with van der Waals surface area (Å²) in [6.45, 7) is 0. The average Bonchev–Trinajstić information content (AvgIpc) is 3.00. The fourth-order valence-corrected chi connectivity index (χ4v) is 4.03. The fourth-order valence-electron chi connectivity index (χ4n) is 2.77. The maximum absolute atomic E-state index is 5.99. The molecule has 0 atom stereocenters. The van der Waals surface area contributed by atoms with Gasteiger partial charge in [0.15, 0.2) is 5.82 Å². The standard InChI is InChI=1S/C14H13ClN4S/c15-9-6-5-8(7-10(9)16)13-17-18-14-19(13)11-3-1-2-4-12(11)20-14/h5-7H,1-4,16H2. The molecule has 1 aliphatic carbocycles. The van der Waals surface area contributed by atoms with E-state index in [1.807, 2.05) is 18.2 Å². The maximum atomic E-state index is 5.99. The number of nitrogen functional groups attached to an aromatic ring is 1. The van der Waals surface area contributed by atoms with Crippen LogP contribution in [-0.4, -0.2) is 14.6 Å². The molecule has 3 aromatic rings. The molecule has 2 N–H and O–H groups in total. The largest absolute Gasteiger partial charge is 0.398 e. The third-order valence-electron chi connectivity index (χ3n) is 3.76. The van der Waals surface area contributed by atoms with Crippen molar-refractivity contribution in [3.05, 3.63) is 33.8 Å². The number of thiazole rings is 1. The van der Waals surface area contributed by atoms with Crippen LogP contribution >= 0.6 is 22.9 Å². The first-order chi connectivity index (χ1) is 9.74. The van der Waals surface area contributed by atoms with Gasteiger partial charge in [-0.2, -0.15) is 0 Å². The lowest BCUT2D eigenvalue weighted by molar-refractivity contribution is 0.675. The Morgan fingerprint density at radius 2 is 2.05 bits per heavy atom. The number of hydrogen-bond acceptors (Lipinski definition) is 4. The monoisotopic (exact) mass is 304 g/mol. The van der Waals surface area contributed by atoms with Gasteiger partial charge in [-0.1, -0.05) is 22.9 Å². The molecule has 1 aliphatic rings. The number of anilines is 1. The second-order valence-corrected chi connectivity index (χ2v) is 6.53. The van der Waals surface area contributed by atoms with Gasteiger partial charge < -0.3 is 5.73 Å². The van der Waals surface area contributed by atoms with Gasteiger partial charge in [-0.15, -0.1) is 10.2 Å². The molecule has 0 fully saturated rings. The Balaban J connectivity index is 1.95. The highest BCUT2D eigenvalue weighted by Gasteiger charge is 2.21. The molecule has 0 radical (unpaired) electrons. The number of nitrogens with two attached hydrogens (primary N) is 1. The van der Waals surface area contributed by atoms with Gasteiger partial charge in [-0.25, -0.2) is 0 Å². The van der Waals surface area contributed by atoms with Crippen molar-refractivity contribution in [3.63, 3.8) is 0 Å². The molecule has 2 aromatic heterocycles. The summed E-state index contributed by atoms with van der Waals surface area (Å²) in [5, 5.41) is 9.21. The minimum atomic E-state index is 0.571. The van der Waals surface area contributed by atoms with Crippen LogP contribution in [0.5, 0.6) is 0 Å². The molecule has 0 saturated carbocycles. The van der Waals surface area contributed by atoms with E-state index in [0.717, 1.165) is 29.2 Å². The number of hydrogen-bond donors (Lipinski definition) is 1. The Kier molecular flexibility index (Phi) is 2.72. The number of nitrogens with zero attached hydrogens (tertiary/aromatic N) is 3. The van der Waals surface area contributed by atoms with Crippen LogP contribution in [0.25, 0.3) is 16.3 Å². The minimum absolute atomic E-state index is 0.571. The van der Waals surface area contributed by atoms with E-state index < -0.39 is 0 Å². The summed E-state index contributed by atoms with van der Waals surface area (Å²) in [7, 11) is 0. The average molecular weight is 305 g/mol. The Morgan fingerprint density at radius 3 is 2.90 bits per heavy atom. The number of rotatable bonds is 1. The van der Waals surface area contributed by atoms with Crippen LogP contribution in [-0.2, 0) is 12.8 Å². The van der Waals surface area contributed by atoms with E-state index in [2.05, 4.69) is 14.6 Å². The van der Waals surface area contributed by atoms with Crippen molar-refractivity contribution in [2.75, 3.05) is 5.73 Å². The van der Waals surface area contributed by atoms with Crippen LogP contribution in [0.3, 0.4) is 0 Å². The predicted octanol–water partition coefficient (Wildman–Crippen LogP) is 3.57. The molecule has 0 saturated heterocycles. The molecule has 4 nitrogen and oxygen atoms in total. The summed E-state index contributed by atoms with van der Waals surface area (Å²) >= 11 is 7.74. The van der Waals surface area contributed by atoms with Crippen molar-refractivity contribution in [3.8, 4) is 11.4 Å². The van der Waals surface area contributed by atoms with E-state index >= 15 is 0 Å². The summed E-state index contributed by atoms with van der Waals surface area (Å²) in [6.07, 6.45) is 4.77. The number of aromatic nitrogens is 3. The number of fused-ring (bicyclic) bond motifs is 3. The molecule has 2 heterocycles. The summed E-state index contributed by atoms with van der Waals surface area (Å²) in [5.41, 5.74) is 8.80. The first kappa shape index (κ1) is 12.2. The van der Waals surface area contributed by atoms with Crippen molar-refractivity contribution in [1.29, 1.82) is 0 Å². The highest BCUT2D eigenvalue weighted by Crippen LogP contribution is 2.33. The molecule has 0 spiro atoms. The van der Waals surface area contributed by atoms with E-state index in [1.54, 1.807) is 11.3 Å². The normalized spacial score (nSPS) is 14.7. The van der Waals surface area contributed by atoms with Crippen LogP contribution in [0, 0.1) is 0 Å². The highest BCUT2D eigenvalue weighted by atomic mass is 35.5. The topological polar surface area (TPSA) is 56.2 Å². The van der Waals surface area contributed by atoms with Gasteiger partial charge in [0, 0.05) is 16.1 Å². The summed E-state index contributed by atoms with van der Waals surface area (Å²) in [5.74, 6) is 0.864. The first-order valence-electron chi connectivity index (χ1n) is 6.65. The fraction of sp³-hybridized carbons (Fsp3) is 0.286. The molecule has 0 aliphatic heterocycles. The molecule has 102 valence electrons. The number of benzene rings is 1. The number of halogens is 1. The molecular formula is C14H13ClN4S. The first-order valence-corrected chi connectivity index (χ1v) is 7.84. The maximum Gasteiger partial charge on any atom is 0.216 e. The van der Waals surface area contributed by atoms with E-state index in [9.17, 15) is 0 Å². The lowest BCUT2D eigenvalue weighted by atomic mass is 10.0. The van der Waals surface area contributed by atoms with Crippen LogP contribution in [0.4, 0.5) is 5.69 Å². The Morgan fingerprint density at radius 1 is 1.20 bits per heavy atom. The molecule has 0 amide bonds. The van der Waals surface area contributed by atoms with Crippen molar-refractivity contribution in [1.82, 2.24) is 14.6 Å². The third-order valence-corrected chi connectivity index (χ3v) is 5.24. The SMILES string of the molecule is Nc1cc(-c2nnc3sc4c(n23)CCCC4)ccc1Cl. The molecule has 20 heavy (non-hydrogen) atoms.